The van der Waals surface area contributed by atoms with Crippen molar-refractivity contribution in [2.24, 2.45) is 5.73 Å². The number of imidazole rings is 1. The first-order chi connectivity index (χ1) is 11.1. The highest BCUT2D eigenvalue weighted by molar-refractivity contribution is 9.10. The number of halogens is 1. The molecule has 6 heteroatoms. The average Bonchev–Trinajstić information content (AvgIpc) is 3.02. The molecule has 4 nitrogen and oxygen atoms in total. The number of rotatable bonds is 5. The summed E-state index contributed by atoms with van der Waals surface area (Å²) in [6, 6.07) is 17.4. The van der Waals surface area contributed by atoms with E-state index in [2.05, 4.69) is 20.9 Å². The maximum absolute atomic E-state index is 11.9. The van der Waals surface area contributed by atoms with Crippen LogP contribution < -0.4 is 5.73 Å². The van der Waals surface area contributed by atoms with Crippen LogP contribution in [0.25, 0.3) is 5.69 Å². The van der Waals surface area contributed by atoms with E-state index in [1.54, 1.807) is 6.20 Å². The molecule has 0 radical (unpaired) electrons. The van der Waals surface area contributed by atoms with E-state index in [-0.39, 0.29) is 5.91 Å². The number of hydrogen-bond donors (Lipinski definition) is 1. The molecule has 116 valence electrons. The lowest BCUT2D eigenvalue weighted by Gasteiger charge is -2.14. The van der Waals surface area contributed by atoms with Gasteiger partial charge in [-0.05, 0) is 29.8 Å². The second-order valence-corrected chi connectivity index (χ2v) is 6.86. The number of thioether (sulfide) groups is 1. The van der Waals surface area contributed by atoms with E-state index in [0.717, 1.165) is 20.9 Å². The van der Waals surface area contributed by atoms with E-state index in [1.807, 2.05) is 65.4 Å². The summed E-state index contributed by atoms with van der Waals surface area (Å²) in [6.45, 7) is 0. The first-order valence-electron chi connectivity index (χ1n) is 6.95. The quantitative estimate of drug-likeness (QED) is 0.674. The maximum atomic E-state index is 11.9. The lowest BCUT2D eigenvalue weighted by atomic mass is 10.1. The van der Waals surface area contributed by atoms with Crippen molar-refractivity contribution in [1.29, 1.82) is 0 Å². The Morgan fingerprint density at radius 1 is 1.13 bits per heavy atom. The number of benzene rings is 2. The van der Waals surface area contributed by atoms with Gasteiger partial charge in [-0.1, -0.05) is 58.0 Å². The summed E-state index contributed by atoms with van der Waals surface area (Å²) in [5, 5.41) is 0.243. The van der Waals surface area contributed by atoms with Crippen LogP contribution in [0.3, 0.4) is 0 Å². The molecule has 1 amide bonds. The monoisotopic (exact) mass is 387 g/mol. The van der Waals surface area contributed by atoms with Crippen molar-refractivity contribution in [3.05, 3.63) is 77.0 Å². The third-order valence-corrected chi connectivity index (χ3v) is 5.08. The highest BCUT2D eigenvalue weighted by atomic mass is 79.9. The van der Waals surface area contributed by atoms with Crippen LogP contribution in [-0.4, -0.2) is 15.5 Å². The van der Waals surface area contributed by atoms with Crippen molar-refractivity contribution in [2.75, 3.05) is 0 Å². The summed E-state index contributed by atoms with van der Waals surface area (Å²) in [4.78, 5) is 16.2. The first-order valence-corrected chi connectivity index (χ1v) is 8.62. The van der Waals surface area contributed by atoms with Gasteiger partial charge in [-0.25, -0.2) is 4.98 Å². The Bertz CT molecular complexity index is 802. The number of hydrogen-bond acceptors (Lipinski definition) is 3. The largest absolute Gasteiger partial charge is 0.368 e. The number of nitrogens with two attached hydrogens (primary N) is 1. The minimum atomic E-state index is -0.479. The molecule has 0 bridgehead atoms. The molecule has 0 saturated carbocycles. The van der Waals surface area contributed by atoms with E-state index >= 15 is 0 Å². The number of nitrogens with zero attached hydrogens (tertiary/aromatic N) is 2. The van der Waals surface area contributed by atoms with Crippen molar-refractivity contribution in [2.45, 2.75) is 10.4 Å². The van der Waals surface area contributed by atoms with Gasteiger partial charge in [0.15, 0.2) is 5.16 Å². The Hall–Kier alpha value is -2.05. The molecule has 1 unspecified atom stereocenters. The zero-order valence-electron chi connectivity index (χ0n) is 12.1. The van der Waals surface area contributed by atoms with Crippen molar-refractivity contribution in [3.8, 4) is 5.69 Å². The Morgan fingerprint density at radius 2 is 1.83 bits per heavy atom. The molecule has 1 heterocycles. The Kier molecular flexibility index (Phi) is 4.83. The molecule has 23 heavy (non-hydrogen) atoms. The van der Waals surface area contributed by atoms with Crippen LogP contribution in [0.1, 0.15) is 10.8 Å². The van der Waals surface area contributed by atoms with E-state index in [0.29, 0.717) is 0 Å². The summed E-state index contributed by atoms with van der Waals surface area (Å²) in [5.41, 5.74) is 7.44. The summed E-state index contributed by atoms with van der Waals surface area (Å²) in [6.07, 6.45) is 3.59. The number of primary amides is 1. The number of amides is 1. The van der Waals surface area contributed by atoms with Crippen molar-refractivity contribution < 1.29 is 4.79 Å². The highest BCUT2D eigenvalue weighted by Gasteiger charge is 2.21. The van der Waals surface area contributed by atoms with E-state index in [9.17, 15) is 4.79 Å². The molecule has 0 spiro atoms. The van der Waals surface area contributed by atoms with Crippen LogP contribution in [-0.2, 0) is 4.79 Å². The second-order valence-electron chi connectivity index (χ2n) is 4.87. The molecule has 0 aliphatic carbocycles. The Labute approximate surface area is 146 Å². The number of aromatic nitrogens is 2. The standard InChI is InChI=1S/C17H14BrN3OS/c18-13-6-8-14(9-7-13)21-11-10-20-17(21)23-15(16(19)22)12-4-2-1-3-5-12/h1-11,15H,(H2,19,22). The first kappa shape index (κ1) is 15.8. The topological polar surface area (TPSA) is 60.9 Å². The molecule has 3 aromatic rings. The molecule has 1 aromatic heterocycles. The van der Waals surface area contributed by atoms with E-state index in [4.69, 9.17) is 5.73 Å². The molecule has 0 aliphatic heterocycles. The van der Waals surface area contributed by atoms with Gasteiger partial charge in [0.2, 0.25) is 5.91 Å². The molecular formula is C17H14BrN3OS. The molecule has 0 saturated heterocycles. The lowest BCUT2D eigenvalue weighted by Crippen LogP contribution is -2.19. The zero-order valence-corrected chi connectivity index (χ0v) is 14.5. The normalized spacial score (nSPS) is 12.0. The van der Waals surface area contributed by atoms with Gasteiger partial charge >= 0.3 is 0 Å². The Balaban J connectivity index is 1.92. The Morgan fingerprint density at radius 3 is 2.48 bits per heavy atom. The van der Waals surface area contributed by atoms with E-state index < -0.39 is 5.25 Å². The summed E-state index contributed by atoms with van der Waals surface area (Å²) in [7, 11) is 0. The van der Waals surface area contributed by atoms with Crippen LogP contribution in [0.4, 0.5) is 0 Å². The lowest BCUT2D eigenvalue weighted by molar-refractivity contribution is -0.117. The van der Waals surface area contributed by atoms with Gasteiger partial charge in [-0.15, -0.1) is 0 Å². The smallest absolute Gasteiger partial charge is 0.235 e. The predicted molar refractivity (Wildman–Crippen MR) is 95.5 cm³/mol. The molecular weight excluding hydrogens is 374 g/mol. The van der Waals surface area contributed by atoms with Crippen LogP contribution >= 0.6 is 27.7 Å². The minimum absolute atomic E-state index is 0.383. The molecule has 0 fully saturated rings. The molecule has 0 aliphatic rings. The number of carbonyl (C=O) groups excluding carboxylic acids is 1. The van der Waals surface area contributed by atoms with Crippen molar-refractivity contribution >= 4 is 33.6 Å². The van der Waals surface area contributed by atoms with Gasteiger partial charge in [-0.2, -0.15) is 0 Å². The minimum Gasteiger partial charge on any atom is -0.368 e. The van der Waals surface area contributed by atoms with E-state index in [1.165, 1.54) is 11.8 Å². The maximum Gasteiger partial charge on any atom is 0.235 e. The zero-order chi connectivity index (χ0) is 16.2. The fraction of sp³-hybridized carbons (Fsp3) is 0.0588. The molecule has 2 aromatic carbocycles. The molecule has 3 rings (SSSR count). The third kappa shape index (κ3) is 3.65. The van der Waals surface area contributed by atoms with Crippen molar-refractivity contribution in [3.63, 3.8) is 0 Å². The van der Waals surface area contributed by atoms with Crippen LogP contribution in [0.2, 0.25) is 0 Å². The van der Waals surface area contributed by atoms with Crippen LogP contribution in [0, 0.1) is 0 Å². The van der Waals surface area contributed by atoms with Gasteiger partial charge in [0.1, 0.15) is 5.25 Å². The van der Waals surface area contributed by atoms with Gasteiger partial charge in [0, 0.05) is 22.6 Å². The SMILES string of the molecule is NC(=O)C(Sc1nccn1-c1ccc(Br)cc1)c1ccccc1. The average molecular weight is 388 g/mol. The fourth-order valence-corrected chi connectivity index (χ4v) is 3.48. The second kappa shape index (κ2) is 7.02. The van der Waals surface area contributed by atoms with Crippen molar-refractivity contribution in [1.82, 2.24) is 9.55 Å². The number of carbonyl (C=O) groups is 1. The summed E-state index contributed by atoms with van der Waals surface area (Å²) in [5.74, 6) is -0.383. The summed E-state index contributed by atoms with van der Waals surface area (Å²) < 4.78 is 2.95. The highest BCUT2D eigenvalue weighted by Crippen LogP contribution is 2.35. The van der Waals surface area contributed by atoms with Crippen LogP contribution in [0.15, 0.2) is 76.6 Å². The molecule has 1 atom stereocenters. The van der Waals surface area contributed by atoms with Crippen LogP contribution in [0.5, 0.6) is 0 Å². The fourth-order valence-electron chi connectivity index (χ4n) is 2.20. The molecule has 2 N–H and O–H groups in total. The summed E-state index contributed by atoms with van der Waals surface area (Å²) >= 11 is 4.77. The van der Waals surface area contributed by atoms with Gasteiger partial charge < -0.3 is 5.73 Å². The third-order valence-electron chi connectivity index (χ3n) is 3.30. The predicted octanol–water partition coefficient (Wildman–Crippen LogP) is 3.95. The van der Waals surface area contributed by atoms with Gasteiger partial charge in [0.05, 0.1) is 0 Å². The van der Waals surface area contributed by atoms with Gasteiger partial charge in [0.25, 0.3) is 0 Å². The van der Waals surface area contributed by atoms with Gasteiger partial charge in [-0.3, -0.25) is 9.36 Å².